The van der Waals surface area contributed by atoms with Crippen molar-refractivity contribution in [3.05, 3.63) is 35.9 Å². The summed E-state index contributed by atoms with van der Waals surface area (Å²) in [7, 11) is 3.19. The minimum Gasteiger partial charge on any atom is -0.298 e. The molecule has 2 rings (SSSR count). The minimum atomic E-state index is 0.0682. The Kier molecular flexibility index (Phi) is 4.33. The van der Waals surface area contributed by atoms with Crippen molar-refractivity contribution >= 4 is 5.91 Å². The highest BCUT2D eigenvalue weighted by Gasteiger charge is 2.30. The standard InChI is InChI=1S/C14H20N2O2/c1-15(18-2)14(17)13-8-9-16(11-13)10-12-6-4-3-5-7-12/h3-7,13H,8-11H2,1-2H3. The van der Waals surface area contributed by atoms with Crippen molar-refractivity contribution in [2.45, 2.75) is 13.0 Å². The number of rotatable bonds is 4. The molecule has 1 saturated heterocycles. The smallest absolute Gasteiger partial charge is 0.250 e. The monoisotopic (exact) mass is 248 g/mol. The minimum absolute atomic E-state index is 0.0682. The van der Waals surface area contributed by atoms with E-state index in [1.807, 2.05) is 18.2 Å². The van der Waals surface area contributed by atoms with Crippen molar-refractivity contribution in [1.82, 2.24) is 9.96 Å². The number of nitrogens with zero attached hydrogens (tertiary/aromatic N) is 2. The van der Waals surface area contributed by atoms with E-state index in [9.17, 15) is 4.79 Å². The zero-order valence-electron chi connectivity index (χ0n) is 11.0. The first kappa shape index (κ1) is 13.1. The highest BCUT2D eigenvalue weighted by molar-refractivity contribution is 5.78. The van der Waals surface area contributed by atoms with Crippen LogP contribution in [0.25, 0.3) is 0 Å². The molecule has 0 aliphatic carbocycles. The fourth-order valence-electron chi connectivity index (χ4n) is 2.37. The van der Waals surface area contributed by atoms with E-state index >= 15 is 0 Å². The Morgan fingerprint density at radius 1 is 1.44 bits per heavy atom. The van der Waals surface area contributed by atoms with E-state index in [-0.39, 0.29) is 11.8 Å². The van der Waals surface area contributed by atoms with Gasteiger partial charge in [-0.1, -0.05) is 30.3 Å². The van der Waals surface area contributed by atoms with E-state index in [2.05, 4.69) is 17.0 Å². The number of hydrogen-bond donors (Lipinski definition) is 0. The van der Waals surface area contributed by atoms with Crippen LogP contribution in [-0.2, 0) is 16.2 Å². The Morgan fingerprint density at radius 3 is 2.83 bits per heavy atom. The van der Waals surface area contributed by atoms with Crippen LogP contribution in [-0.4, -0.2) is 43.1 Å². The van der Waals surface area contributed by atoms with Crippen LogP contribution < -0.4 is 0 Å². The molecule has 1 aliphatic rings. The molecule has 1 aliphatic heterocycles. The summed E-state index contributed by atoms with van der Waals surface area (Å²) in [6.45, 7) is 2.71. The lowest BCUT2D eigenvalue weighted by Crippen LogP contribution is -2.33. The molecule has 0 saturated carbocycles. The van der Waals surface area contributed by atoms with Gasteiger partial charge in [-0.3, -0.25) is 14.5 Å². The number of benzene rings is 1. The third kappa shape index (κ3) is 3.09. The van der Waals surface area contributed by atoms with E-state index in [1.54, 1.807) is 7.05 Å². The van der Waals surface area contributed by atoms with Gasteiger partial charge in [-0.2, -0.15) is 0 Å². The summed E-state index contributed by atoms with van der Waals surface area (Å²) in [6.07, 6.45) is 0.916. The Hall–Kier alpha value is -1.39. The topological polar surface area (TPSA) is 32.8 Å². The maximum Gasteiger partial charge on any atom is 0.250 e. The molecular formula is C14H20N2O2. The molecule has 4 heteroatoms. The number of carbonyl (C=O) groups is 1. The molecule has 1 unspecified atom stereocenters. The summed E-state index contributed by atoms with van der Waals surface area (Å²) in [5, 5.41) is 1.33. The van der Waals surface area contributed by atoms with Gasteiger partial charge in [0, 0.05) is 20.1 Å². The van der Waals surface area contributed by atoms with Gasteiger partial charge in [-0.15, -0.1) is 0 Å². The van der Waals surface area contributed by atoms with Crippen molar-refractivity contribution in [2.24, 2.45) is 5.92 Å². The molecule has 98 valence electrons. The molecular weight excluding hydrogens is 228 g/mol. The summed E-state index contributed by atoms with van der Waals surface area (Å²) in [6, 6.07) is 10.4. The summed E-state index contributed by atoms with van der Waals surface area (Å²) in [5.74, 6) is 0.145. The van der Waals surface area contributed by atoms with Crippen LogP contribution in [0.1, 0.15) is 12.0 Å². The normalized spacial score (nSPS) is 20.0. The second-order valence-electron chi connectivity index (χ2n) is 4.72. The van der Waals surface area contributed by atoms with Gasteiger partial charge in [0.2, 0.25) is 5.91 Å². The Labute approximate surface area is 108 Å². The summed E-state index contributed by atoms with van der Waals surface area (Å²) >= 11 is 0. The molecule has 18 heavy (non-hydrogen) atoms. The van der Waals surface area contributed by atoms with Crippen molar-refractivity contribution in [2.75, 3.05) is 27.2 Å². The summed E-state index contributed by atoms with van der Waals surface area (Å²) < 4.78 is 0. The van der Waals surface area contributed by atoms with Crippen LogP contribution >= 0.6 is 0 Å². The SMILES string of the molecule is CON(C)C(=O)C1CCN(Cc2ccccc2)C1. The van der Waals surface area contributed by atoms with Gasteiger partial charge in [-0.05, 0) is 18.5 Å². The first-order valence-electron chi connectivity index (χ1n) is 6.28. The number of carbonyl (C=O) groups excluding carboxylic acids is 1. The maximum atomic E-state index is 11.9. The van der Waals surface area contributed by atoms with Crippen LogP contribution in [0.5, 0.6) is 0 Å². The predicted molar refractivity (Wildman–Crippen MR) is 69.6 cm³/mol. The van der Waals surface area contributed by atoms with Gasteiger partial charge in [0.25, 0.3) is 0 Å². The van der Waals surface area contributed by atoms with Gasteiger partial charge in [0.05, 0.1) is 13.0 Å². The molecule has 1 amide bonds. The summed E-state index contributed by atoms with van der Waals surface area (Å²) in [5.41, 5.74) is 1.30. The van der Waals surface area contributed by atoms with Gasteiger partial charge in [-0.25, -0.2) is 5.06 Å². The van der Waals surface area contributed by atoms with Gasteiger partial charge < -0.3 is 0 Å². The highest BCUT2D eigenvalue weighted by Crippen LogP contribution is 2.20. The first-order valence-corrected chi connectivity index (χ1v) is 6.28. The second-order valence-corrected chi connectivity index (χ2v) is 4.72. The maximum absolute atomic E-state index is 11.9. The molecule has 0 N–H and O–H groups in total. The molecule has 1 aromatic rings. The Balaban J connectivity index is 1.87. The van der Waals surface area contributed by atoms with Crippen LogP contribution in [0.2, 0.25) is 0 Å². The third-order valence-corrected chi connectivity index (χ3v) is 3.45. The third-order valence-electron chi connectivity index (χ3n) is 3.45. The van der Waals surface area contributed by atoms with Crippen LogP contribution in [0, 0.1) is 5.92 Å². The zero-order valence-corrected chi connectivity index (χ0v) is 11.0. The average Bonchev–Trinajstić information content (AvgIpc) is 2.86. The van der Waals surface area contributed by atoms with Crippen molar-refractivity contribution in [3.63, 3.8) is 0 Å². The highest BCUT2D eigenvalue weighted by atomic mass is 16.7. The van der Waals surface area contributed by atoms with E-state index in [0.717, 1.165) is 26.1 Å². The van der Waals surface area contributed by atoms with E-state index in [4.69, 9.17) is 4.84 Å². The van der Waals surface area contributed by atoms with Gasteiger partial charge in [0.15, 0.2) is 0 Å². The molecule has 1 fully saturated rings. The number of hydroxylamine groups is 2. The van der Waals surface area contributed by atoms with Gasteiger partial charge in [0.1, 0.15) is 0 Å². The molecule has 0 radical (unpaired) electrons. The lowest BCUT2D eigenvalue weighted by atomic mass is 10.1. The number of likely N-dealkylation sites (tertiary alicyclic amines) is 1. The molecule has 1 aromatic carbocycles. The molecule has 0 spiro atoms. The van der Waals surface area contributed by atoms with Crippen LogP contribution in [0.15, 0.2) is 30.3 Å². The van der Waals surface area contributed by atoms with Gasteiger partial charge >= 0.3 is 0 Å². The average molecular weight is 248 g/mol. The van der Waals surface area contributed by atoms with Crippen LogP contribution in [0.3, 0.4) is 0 Å². The molecule has 1 atom stereocenters. The second kappa shape index (κ2) is 5.98. The van der Waals surface area contributed by atoms with Crippen LogP contribution in [0.4, 0.5) is 0 Å². The molecule has 0 aromatic heterocycles. The fraction of sp³-hybridized carbons (Fsp3) is 0.500. The first-order chi connectivity index (χ1) is 8.70. The lowest BCUT2D eigenvalue weighted by molar-refractivity contribution is -0.172. The largest absolute Gasteiger partial charge is 0.298 e. The molecule has 0 bridgehead atoms. The van der Waals surface area contributed by atoms with E-state index in [1.165, 1.54) is 17.7 Å². The molecule has 1 heterocycles. The zero-order chi connectivity index (χ0) is 13.0. The predicted octanol–water partition coefficient (Wildman–Crippen LogP) is 1.53. The van der Waals surface area contributed by atoms with Crippen molar-refractivity contribution in [1.29, 1.82) is 0 Å². The quantitative estimate of drug-likeness (QED) is 0.758. The fourth-order valence-corrected chi connectivity index (χ4v) is 2.37. The van der Waals surface area contributed by atoms with E-state index < -0.39 is 0 Å². The van der Waals surface area contributed by atoms with E-state index in [0.29, 0.717) is 0 Å². The Morgan fingerprint density at radius 2 is 2.17 bits per heavy atom. The Bertz CT molecular complexity index is 394. The van der Waals surface area contributed by atoms with Crippen molar-refractivity contribution < 1.29 is 9.63 Å². The lowest BCUT2D eigenvalue weighted by Gasteiger charge is -2.19. The summed E-state index contributed by atoms with van der Waals surface area (Å²) in [4.78, 5) is 19.2. The molecule has 4 nitrogen and oxygen atoms in total. The van der Waals surface area contributed by atoms with Crippen molar-refractivity contribution in [3.8, 4) is 0 Å². The number of amides is 1. The number of hydrogen-bond acceptors (Lipinski definition) is 3.